The van der Waals surface area contributed by atoms with Crippen LogP contribution in [0.25, 0.3) is 21.5 Å². The topological polar surface area (TPSA) is 39.5 Å². The number of rotatable bonds is 3. The first-order valence-corrected chi connectivity index (χ1v) is 9.87. The van der Waals surface area contributed by atoms with E-state index in [1.807, 2.05) is 12.1 Å². The van der Waals surface area contributed by atoms with Gasteiger partial charge in [0.1, 0.15) is 11.7 Å². The Kier molecular flexibility index (Phi) is 5.13. The molecule has 0 aliphatic rings. The minimum Gasteiger partial charge on any atom is -0.352 e. The van der Waals surface area contributed by atoms with Crippen LogP contribution in [-0.2, 0) is 0 Å². The minimum absolute atomic E-state index is 0.115. The van der Waals surface area contributed by atoms with Crippen LogP contribution in [0, 0.1) is 5.41 Å². The fraction of sp³-hybridized carbons (Fsp3) is 0.154. The molecule has 3 nitrogen and oxygen atoms in total. The second kappa shape index (κ2) is 7.88. The van der Waals surface area contributed by atoms with Gasteiger partial charge in [-0.2, -0.15) is 0 Å². The Balaban J connectivity index is 1.74. The molecule has 3 heteroatoms. The van der Waals surface area contributed by atoms with E-state index in [4.69, 9.17) is 5.41 Å². The van der Waals surface area contributed by atoms with Crippen LogP contribution < -0.4 is 0 Å². The van der Waals surface area contributed by atoms with Gasteiger partial charge in [0, 0.05) is 12.6 Å². The summed E-state index contributed by atoms with van der Waals surface area (Å²) in [5, 5.41) is 12.8. The van der Waals surface area contributed by atoms with Crippen LogP contribution in [0.4, 0.5) is 0 Å². The van der Waals surface area contributed by atoms with Gasteiger partial charge >= 0.3 is 0 Å². The molecule has 4 rings (SSSR count). The molecule has 144 valence electrons. The van der Waals surface area contributed by atoms with Gasteiger partial charge in [0.2, 0.25) is 0 Å². The Morgan fingerprint density at radius 3 is 1.97 bits per heavy atom. The summed E-state index contributed by atoms with van der Waals surface area (Å²) in [5.41, 5.74) is 2.24. The van der Waals surface area contributed by atoms with Crippen LogP contribution >= 0.6 is 0 Å². The Morgan fingerprint density at radius 1 is 0.793 bits per heavy atom. The van der Waals surface area contributed by atoms with Gasteiger partial charge in [0.15, 0.2) is 0 Å². The number of nitrogens with one attached hydrogen (secondary N) is 1. The highest BCUT2D eigenvalue weighted by Crippen LogP contribution is 2.26. The summed E-state index contributed by atoms with van der Waals surface area (Å²) in [6.07, 6.45) is 0. The third-order valence-electron chi connectivity index (χ3n) is 5.45. The lowest BCUT2D eigenvalue weighted by Crippen LogP contribution is -2.31. The van der Waals surface area contributed by atoms with Crippen LogP contribution in [0.5, 0.6) is 0 Å². The molecule has 4 aromatic rings. The van der Waals surface area contributed by atoms with Crippen molar-refractivity contribution in [2.45, 2.75) is 19.9 Å². The number of amidine groups is 2. The number of nitrogens with zero attached hydrogens (tertiary/aromatic N) is 2. The van der Waals surface area contributed by atoms with Crippen LogP contribution in [-0.4, -0.2) is 23.6 Å². The van der Waals surface area contributed by atoms with E-state index >= 15 is 0 Å². The molecule has 0 saturated heterocycles. The zero-order valence-electron chi connectivity index (χ0n) is 17.1. The third kappa shape index (κ3) is 3.90. The van der Waals surface area contributed by atoms with Crippen molar-refractivity contribution in [3.63, 3.8) is 0 Å². The summed E-state index contributed by atoms with van der Waals surface area (Å²) >= 11 is 0. The van der Waals surface area contributed by atoms with Crippen molar-refractivity contribution in [3.05, 3.63) is 96.1 Å². The van der Waals surface area contributed by atoms with Crippen LogP contribution in [0.2, 0.25) is 0 Å². The van der Waals surface area contributed by atoms with Gasteiger partial charge in [-0.3, -0.25) is 5.41 Å². The zero-order valence-corrected chi connectivity index (χ0v) is 17.1. The smallest absolute Gasteiger partial charge is 0.138 e. The first-order chi connectivity index (χ1) is 14.0. The fourth-order valence-corrected chi connectivity index (χ4v) is 3.71. The summed E-state index contributed by atoms with van der Waals surface area (Å²) in [7, 11) is 2.05. The molecule has 29 heavy (non-hydrogen) atoms. The summed E-state index contributed by atoms with van der Waals surface area (Å²) in [4.78, 5) is 6.75. The molecule has 4 aromatic carbocycles. The van der Waals surface area contributed by atoms with Crippen molar-refractivity contribution in [3.8, 4) is 0 Å². The molecule has 0 bridgehead atoms. The molecule has 0 aliphatic heterocycles. The molecular weight excluding hydrogens is 354 g/mol. The summed E-state index contributed by atoms with van der Waals surface area (Å²) in [6, 6.07) is 29.8. The maximum atomic E-state index is 7.97. The minimum atomic E-state index is 0.115. The largest absolute Gasteiger partial charge is 0.352 e. The average Bonchev–Trinajstić information content (AvgIpc) is 2.75. The number of aliphatic imine (C=N–C) groups is 1. The fourth-order valence-electron chi connectivity index (χ4n) is 3.71. The molecule has 0 amide bonds. The molecule has 0 heterocycles. The molecule has 1 N–H and O–H groups in total. The molecule has 1 unspecified atom stereocenters. The van der Waals surface area contributed by atoms with Crippen molar-refractivity contribution in [2.75, 3.05) is 7.05 Å². The van der Waals surface area contributed by atoms with Gasteiger partial charge in [0.05, 0.1) is 6.04 Å². The lowest BCUT2D eigenvalue weighted by molar-refractivity contribution is 0.404. The number of hydrogen-bond acceptors (Lipinski definition) is 1. The Bertz CT molecular complexity index is 1220. The van der Waals surface area contributed by atoms with Crippen LogP contribution in [0.1, 0.15) is 31.0 Å². The SMILES string of the molecule is CC(=N)N=C(c1ccc2ccccc2c1)N(C)C(C)c1ccc2ccccc2c1. The maximum absolute atomic E-state index is 7.97. The average molecular weight is 380 g/mol. The number of hydrogen-bond donors (Lipinski definition) is 1. The van der Waals surface area contributed by atoms with E-state index < -0.39 is 0 Å². The highest BCUT2D eigenvalue weighted by Gasteiger charge is 2.18. The van der Waals surface area contributed by atoms with E-state index in [-0.39, 0.29) is 6.04 Å². The molecule has 0 aliphatic carbocycles. The lowest BCUT2D eigenvalue weighted by atomic mass is 10.0. The van der Waals surface area contributed by atoms with E-state index in [1.165, 1.54) is 27.1 Å². The third-order valence-corrected chi connectivity index (χ3v) is 5.45. The van der Waals surface area contributed by atoms with Crippen LogP contribution in [0.3, 0.4) is 0 Å². The Hall–Kier alpha value is -3.46. The molecule has 0 fully saturated rings. The molecule has 1 atom stereocenters. The highest BCUT2D eigenvalue weighted by molar-refractivity contribution is 6.07. The van der Waals surface area contributed by atoms with Gasteiger partial charge in [-0.25, -0.2) is 4.99 Å². The van der Waals surface area contributed by atoms with E-state index in [0.717, 1.165) is 11.4 Å². The molecule has 0 saturated carbocycles. The van der Waals surface area contributed by atoms with Gasteiger partial charge in [-0.1, -0.05) is 72.8 Å². The van der Waals surface area contributed by atoms with Gasteiger partial charge in [-0.05, 0) is 53.1 Å². The normalized spacial score (nSPS) is 12.9. The van der Waals surface area contributed by atoms with E-state index in [9.17, 15) is 0 Å². The monoisotopic (exact) mass is 379 g/mol. The van der Waals surface area contributed by atoms with Crippen molar-refractivity contribution in [1.29, 1.82) is 5.41 Å². The summed E-state index contributed by atoms with van der Waals surface area (Å²) in [5.74, 6) is 1.11. The van der Waals surface area contributed by atoms with Crippen molar-refractivity contribution >= 4 is 33.2 Å². The first kappa shape index (κ1) is 18.9. The molecule has 0 aromatic heterocycles. The predicted molar refractivity (Wildman–Crippen MR) is 124 cm³/mol. The van der Waals surface area contributed by atoms with Gasteiger partial charge < -0.3 is 4.90 Å². The van der Waals surface area contributed by atoms with E-state index in [1.54, 1.807) is 6.92 Å². The quantitative estimate of drug-likeness (QED) is 0.323. The predicted octanol–water partition coefficient (Wildman–Crippen LogP) is 6.43. The van der Waals surface area contributed by atoms with Gasteiger partial charge in [0.25, 0.3) is 0 Å². The molecular formula is C26H25N3. The standard InChI is InChI=1S/C26H25N3/c1-18(22-14-12-20-8-4-6-10-23(20)16-22)29(3)26(28-19(2)27)25-15-13-21-9-5-7-11-24(21)17-25/h4-18,27H,1-3H3. The van der Waals surface area contributed by atoms with Crippen molar-refractivity contribution in [2.24, 2.45) is 4.99 Å². The Labute approximate surface area is 171 Å². The first-order valence-electron chi connectivity index (χ1n) is 9.87. The van der Waals surface area contributed by atoms with Crippen molar-refractivity contribution < 1.29 is 0 Å². The van der Waals surface area contributed by atoms with Gasteiger partial charge in [-0.15, -0.1) is 0 Å². The molecule has 0 spiro atoms. The Morgan fingerprint density at radius 2 is 1.34 bits per heavy atom. The van der Waals surface area contributed by atoms with E-state index in [0.29, 0.717) is 5.84 Å². The number of benzene rings is 4. The maximum Gasteiger partial charge on any atom is 0.138 e. The summed E-state index contributed by atoms with van der Waals surface area (Å²) < 4.78 is 0. The zero-order chi connectivity index (χ0) is 20.4. The van der Waals surface area contributed by atoms with Crippen LogP contribution in [0.15, 0.2) is 89.9 Å². The highest BCUT2D eigenvalue weighted by atomic mass is 15.2. The second-order valence-electron chi connectivity index (χ2n) is 7.48. The second-order valence-corrected chi connectivity index (χ2v) is 7.48. The summed E-state index contributed by atoms with van der Waals surface area (Å²) in [6.45, 7) is 3.90. The van der Waals surface area contributed by atoms with Crippen molar-refractivity contribution in [1.82, 2.24) is 4.90 Å². The van der Waals surface area contributed by atoms with E-state index in [2.05, 4.69) is 96.7 Å². The molecule has 0 radical (unpaired) electrons. The lowest BCUT2D eigenvalue weighted by Gasteiger charge is -2.29. The number of fused-ring (bicyclic) bond motifs is 2.